The van der Waals surface area contributed by atoms with Crippen LogP contribution in [0.4, 0.5) is 17.1 Å². The van der Waals surface area contributed by atoms with Crippen molar-refractivity contribution < 1.29 is 25.0 Å². The number of carbonyl (C=O) groups is 1. The van der Waals surface area contributed by atoms with E-state index in [4.69, 9.17) is 10.2 Å². The number of phenolic OH excluding ortho intramolecular Hbond substituents is 2. The van der Waals surface area contributed by atoms with Gasteiger partial charge in [0.2, 0.25) is 0 Å². The van der Waals surface area contributed by atoms with Crippen LogP contribution in [0, 0.1) is 10.1 Å². The van der Waals surface area contributed by atoms with Crippen molar-refractivity contribution in [2.24, 2.45) is 10.2 Å². The summed E-state index contributed by atoms with van der Waals surface area (Å²) in [6, 6.07) is 6.90. The quantitative estimate of drug-likeness (QED) is 0.449. The van der Waals surface area contributed by atoms with Crippen LogP contribution in [0.15, 0.2) is 46.6 Å². The van der Waals surface area contributed by atoms with E-state index in [1.165, 1.54) is 18.2 Å². The summed E-state index contributed by atoms with van der Waals surface area (Å²) in [5, 5.41) is 45.8. The van der Waals surface area contributed by atoms with Crippen LogP contribution >= 0.6 is 0 Å². The summed E-state index contributed by atoms with van der Waals surface area (Å²) in [4.78, 5) is 20.9. The summed E-state index contributed by atoms with van der Waals surface area (Å²) in [7, 11) is 0. The molecule has 0 spiro atoms. The molecule has 2 aromatic rings. The second-order valence-corrected chi connectivity index (χ2v) is 4.14. The van der Waals surface area contributed by atoms with Gasteiger partial charge in [-0.1, -0.05) is 0 Å². The lowest BCUT2D eigenvalue weighted by atomic mass is 10.1. The van der Waals surface area contributed by atoms with Crippen LogP contribution in [0.5, 0.6) is 11.5 Å². The first kappa shape index (κ1) is 14.9. The molecule has 0 fully saturated rings. The Morgan fingerprint density at radius 3 is 2.41 bits per heavy atom. The van der Waals surface area contributed by atoms with E-state index in [1.54, 1.807) is 0 Å². The molecule has 0 aliphatic heterocycles. The van der Waals surface area contributed by atoms with Crippen molar-refractivity contribution >= 4 is 23.0 Å². The first-order valence-electron chi connectivity index (χ1n) is 5.84. The average molecular weight is 303 g/mol. The minimum Gasteiger partial charge on any atom is -0.508 e. The second kappa shape index (κ2) is 5.87. The Bertz CT molecular complexity index is 787. The number of nitro benzene ring substituents is 1. The highest BCUT2D eigenvalue weighted by Crippen LogP contribution is 2.32. The van der Waals surface area contributed by atoms with Gasteiger partial charge in [-0.15, -0.1) is 5.11 Å². The molecule has 0 amide bonds. The number of carboxylic acid groups (broad SMARTS) is 1. The summed E-state index contributed by atoms with van der Waals surface area (Å²) in [5.74, 6) is -1.90. The molecule has 22 heavy (non-hydrogen) atoms. The minimum absolute atomic E-state index is 0.0442. The van der Waals surface area contributed by atoms with Gasteiger partial charge in [-0.3, -0.25) is 10.1 Å². The van der Waals surface area contributed by atoms with E-state index < -0.39 is 22.1 Å². The number of carboxylic acids is 1. The second-order valence-electron chi connectivity index (χ2n) is 4.14. The highest BCUT2D eigenvalue weighted by atomic mass is 16.6. The molecule has 0 saturated heterocycles. The van der Waals surface area contributed by atoms with Crippen LogP contribution in [0.1, 0.15) is 10.4 Å². The zero-order valence-corrected chi connectivity index (χ0v) is 10.9. The largest absolute Gasteiger partial charge is 0.508 e. The fourth-order valence-corrected chi connectivity index (χ4v) is 1.62. The zero-order chi connectivity index (χ0) is 16.3. The highest BCUT2D eigenvalue weighted by Gasteiger charge is 2.20. The fourth-order valence-electron chi connectivity index (χ4n) is 1.62. The van der Waals surface area contributed by atoms with Gasteiger partial charge in [0.25, 0.3) is 5.69 Å². The number of nitrogens with zero attached hydrogens (tertiary/aromatic N) is 3. The fraction of sp³-hybridized carbons (Fsp3) is 0. The van der Waals surface area contributed by atoms with E-state index in [0.717, 1.165) is 18.2 Å². The highest BCUT2D eigenvalue weighted by molar-refractivity contribution is 5.93. The van der Waals surface area contributed by atoms with Crippen LogP contribution in [0.2, 0.25) is 0 Å². The van der Waals surface area contributed by atoms with Crippen LogP contribution in [-0.4, -0.2) is 26.2 Å². The van der Waals surface area contributed by atoms with Crippen molar-refractivity contribution in [2.75, 3.05) is 0 Å². The standard InChI is InChI=1S/C13H9N3O6/c17-8-2-4-10(12(18)6-8)15-14-7-1-3-9(13(19)20)11(5-7)16(21)22/h1-6,17-18H,(H,19,20). The van der Waals surface area contributed by atoms with E-state index in [9.17, 15) is 20.0 Å². The number of phenols is 2. The van der Waals surface area contributed by atoms with Crippen LogP contribution < -0.4 is 0 Å². The molecule has 0 bridgehead atoms. The number of hydrogen-bond donors (Lipinski definition) is 3. The van der Waals surface area contributed by atoms with Crippen molar-refractivity contribution in [3.8, 4) is 11.5 Å². The summed E-state index contributed by atoms with van der Waals surface area (Å²) in [5.41, 5.74) is -0.984. The van der Waals surface area contributed by atoms with E-state index in [0.29, 0.717) is 0 Å². The van der Waals surface area contributed by atoms with Crippen molar-refractivity contribution in [3.05, 3.63) is 52.1 Å². The molecule has 0 radical (unpaired) electrons. The Balaban J connectivity index is 2.37. The Morgan fingerprint density at radius 2 is 1.82 bits per heavy atom. The van der Waals surface area contributed by atoms with Gasteiger partial charge in [0, 0.05) is 12.1 Å². The van der Waals surface area contributed by atoms with Crippen LogP contribution in [0.3, 0.4) is 0 Å². The van der Waals surface area contributed by atoms with Gasteiger partial charge in [-0.2, -0.15) is 5.11 Å². The number of nitro groups is 1. The van der Waals surface area contributed by atoms with Crippen LogP contribution in [-0.2, 0) is 0 Å². The van der Waals surface area contributed by atoms with E-state index in [2.05, 4.69) is 10.2 Å². The molecule has 9 heteroatoms. The number of rotatable bonds is 4. The lowest BCUT2D eigenvalue weighted by Gasteiger charge is -2.00. The van der Waals surface area contributed by atoms with Gasteiger partial charge in [0.05, 0.1) is 10.6 Å². The molecule has 0 aliphatic rings. The molecular formula is C13H9N3O6. The lowest BCUT2D eigenvalue weighted by molar-refractivity contribution is -0.385. The molecule has 0 aromatic heterocycles. The zero-order valence-electron chi connectivity index (χ0n) is 10.9. The molecule has 112 valence electrons. The minimum atomic E-state index is -1.42. The average Bonchev–Trinajstić information content (AvgIpc) is 2.45. The number of aromatic hydroxyl groups is 2. The topological polar surface area (TPSA) is 146 Å². The van der Waals surface area contributed by atoms with Gasteiger partial charge in [-0.25, -0.2) is 4.79 Å². The summed E-state index contributed by atoms with van der Waals surface area (Å²) in [6.07, 6.45) is 0. The maximum atomic E-state index is 10.9. The third-order valence-electron chi connectivity index (χ3n) is 2.64. The first-order chi connectivity index (χ1) is 10.4. The molecule has 0 aliphatic carbocycles. The molecule has 3 N–H and O–H groups in total. The Kier molecular flexibility index (Phi) is 3.98. The molecule has 0 unspecified atom stereocenters. The maximum Gasteiger partial charge on any atom is 0.342 e. The van der Waals surface area contributed by atoms with E-state index >= 15 is 0 Å². The number of hydrogen-bond acceptors (Lipinski definition) is 7. The van der Waals surface area contributed by atoms with Gasteiger partial charge in [0.1, 0.15) is 22.7 Å². The first-order valence-corrected chi connectivity index (χ1v) is 5.84. The van der Waals surface area contributed by atoms with E-state index in [-0.39, 0.29) is 22.9 Å². The SMILES string of the molecule is O=C(O)c1ccc(N=Nc2ccc(O)cc2O)cc1[N+](=O)[O-]. The molecule has 9 nitrogen and oxygen atoms in total. The predicted octanol–water partition coefficient (Wildman–Crippen LogP) is 3.12. The van der Waals surface area contributed by atoms with Crippen molar-refractivity contribution in [2.45, 2.75) is 0 Å². The summed E-state index contributed by atoms with van der Waals surface area (Å²) in [6.45, 7) is 0. The number of benzene rings is 2. The lowest BCUT2D eigenvalue weighted by Crippen LogP contribution is -2.01. The third kappa shape index (κ3) is 3.15. The summed E-state index contributed by atoms with van der Waals surface area (Å²) < 4.78 is 0. The Hall–Kier alpha value is -3.49. The van der Waals surface area contributed by atoms with Gasteiger partial charge < -0.3 is 15.3 Å². The smallest absolute Gasteiger partial charge is 0.342 e. The predicted molar refractivity (Wildman–Crippen MR) is 74.0 cm³/mol. The van der Waals surface area contributed by atoms with Crippen LogP contribution in [0.25, 0.3) is 0 Å². The molecule has 0 atom stereocenters. The Morgan fingerprint density at radius 1 is 1.09 bits per heavy atom. The molecule has 0 heterocycles. The normalized spacial score (nSPS) is 10.7. The molecule has 2 rings (SSSR count). The Labute approximate surface area is 122 Å². The van der Waals surface area contributed by atoms with Crippen molar-refractivity contribution in [1.82, 2.24) is 0 Å². The maximum absolute atomic E-state index is 10.9. The third-order valence-corrected chi connectivity index (χ3v) is 2.64. The van der Waals surface area contributed by atoms with E-state index in [1.807, 2.05) is 0 Å². The van der Waals surface area contributed by atoms with Gasteiger partial charge in [-0.05, 0) is 24.3 Å². The van der Waals surface area contributed by atoms with Gasteiger partial charge >= 0.3 is 5.97 Å². The van der Waals surface area contributed by atoms with Crippen molar-refractivity contribution in [1.29, 1.82) is 0 Å². The van der Waals surface area contributed by atoms with Gasteiger partial charge in [0.15, 0.2) is 0 Å². The summed E-state index contributed by atoms with van der Waals surface area (Å²) >= 11 is 0. The number of azo groups is 1. The monoisotopic (exact) mass is 303 g/mol. The molecular weight excluding hydrogens is 294 g/mol. The number of aromatic carboxylic acids is 1. The molecule has 2 aromatic carbocycles. The molecule has 0 saturated carbocycles. The van der Waals surface area contributed by atoms with Crippen molar-refractivity contribution in [3.63, 3.8) is 0 Å².